The fraction of sp³-hybridized carbons (Fsp3) is 0.562. The SMILES string of the molecule is O=C(CN1CCN(C(=O)C2CCc3[nH]ncc3C2)CC1)Nc1nncs1. The van der Waals surface area contributed by atoms with Crippen molar-refractivity contribution in [3.05, 3.63) is 23.0 Å². The Morgan fingerprint density at radius 2 is 2.15 bits per heavy atom. The van der Waals surface area contributed by atoms with Gasteiger partial charge in [-0.05, 0) is 24.8 Å². The number of aromatic amines is 1. The molecule has 0 bridgehead atoms. The highest BCUT2D eigenvalue weighted by Crippen LogP contribution is 2.25. The molecule has 26 heavy (non-hydrogen) atoms. The number of H-pyrrole nitrogens is 1. The van der Waals surface area contributed by atoms with Crippen LogP contribution in [0.4, 0.5) is 5.13 Å². The monoisotopic (exact) mass is 375 g/mol. The van der Waals surface area contributed by atoms with Crippen LogP contribution >= 0.6 is 11.3 Å². The molecule has 9 nitrogen and oxygen atoms in total. The van der Waals surface area contributed by atoms with Crippen LogP contribution in [-0.4, -0.2) is 74.7 Å². The second-order valence-electron chi connectivity index (χ2n) is 6.71. The largest absolute Gasteiger partial charge is 0.340 e. The van der Waals surface area contributed by atoms with E-state index in [4.69, 9.17) is 0 Å². The smallest absolute Gasteiger partial charge is 0.240 e. The molecular weight excluding hydrogens is 354 g/mol. The van der Waals surface area contributed by atoms with Gasteiger partial charge in [-0.15, -0.1) is 10.2 Å². The van der Waals surface area contributed by atoms with Gasteiger partial charge >= 0.3 is 0 Å². The fourth-order valence-electron chi connectivity index (χ4n) is 3.60. The summed E-state index contributed by atoms with van der Waals surface area (Å²) in [5.74, 6) is 0.184. The number of aromatic nitrogens is 4. The van der Waals surface area contributed by atoms with E-state index >= 15 is 0 Å². The zero-order valence-corrected chi connectivity index (χ0v) is 15.2. The van der Waals surface area contributed by atoms with Gasteiger partial charge < -0.3 is 4.90 Å². The number of fused-ring (bicyclic) bond motifs is 1. The molecule has 1 aliphatic carbocycles. The molecule has 1 atom stereocenters. The number of hydrogen-bond donors (Lipinski definition) is 2. The lowest BCUT2D eigenvalue weighted by atomic mass is 9.87. The second kappa shape index (κ2) is 7.50. The van der Waals surface area contributed by atoms with E-state index in [-0.39, 0.29) is 17.7 Å². The van der Waals surface area contributed by atoms with Crippen LogP contribution < -0.4 is 5.32 Å². The summed E-state index contributed by atoms with van der Waals surface area (Å²) in [6, 6.07) is 0. The minimum atomic E-state index is -0.0960. The van der Waals surface area contributed by atoms with E-state index in [0.29, 0.717) is 37.9 Å². The molecule has 0 aromatic carbocycles. The lowest BCUT2D eigenvalue weighted by Crippen LogP contribution is -2.52. The summed E-state index contributed by atoms with van der Waals surface area (Å²) >= 11 is 1.30. The highest BCUT2D eigenvalue weighted by Gasteiger charge is 2.31. The van der Waals surface area contributed by atoms with Gasteiger partial charge in [-0.3, -0.25) is 24.9 Å². The standard InChI is InChI=1S/C16H21N7O2S/c24-14(19-16-21-18-10-26-16)9-22-3-5-23(6-4-22)15(25)11-1-2-13-12(7-11)8-17-20-13/h8,10-11H,1-7,9H2,(H,17,20)(H,19,21,24). The van der Waals surface area contributed by atoms with E-state index in [9.17, 15) is 9.59 Å². The Bertz CT molecular complexity index is 767. The van der Waals surface area contributed by atoms with Crippen LogP contribution in [0.15, 0.2) is 11.7 Å². The van der Waals surface area contributed by atoms with Crippen molar-refractivity contribution >= 4 is 28.3 Å². The molecule has 2 N–H and O–H groups in total. The Morgan fingerprint density at radius 3 is 2.92 bits per heavy atom. The molecule has 1 fully saturated rings. The number of nitrogens with zero attached hydrogens (tertiary/aromatic N) is 5. The van der Waals surface area contributed by atoms with Crippen molar-refractivity contribution in [2.75, 3.05) is 38.0 Å². The molecule has 1 saturated heterocycles. The zero-order valence-electron chi connectivity index (χ0n) is 14.3. The van der Waals surface area contributed by atoms with Crippen LogP contribution in [0.5, 0.6) is 0 Å². The number of aryl methyl sites for hydroxylation is 1. The van der Waals surface area contributed by atoms with E-state index in [1.165, 1.54) is 22.6 Å². The molecule has 1 unspecified atom stereocenters. The van der Waals surface area contributed by atoms with Gasteiger partial charge in [-0.1, -0.05) is 11.3 Å². The van der Waals surface area contributed by atoms with Crippen LogP contribution in [0.25, 0.3) is 0 Å². The third-order valence-corrected chi connectivity index (χ3v) is 5.63. The maximum atomic E-state index is 12.8. The molecule has 0 radical (unpaired) electrons. The first-order valence-electron chi connectivity index (χ1n) is 8.77. The number of carbonyl (C=O) groups excluding carboxylic acids is 2. The van der Waals surface area contributed by atoms with Crippen molar-refractivity contribution < 1.29 is 9.59 Å². The van der Waals surface area contributed by atoms with Crippen LogP contribution in [0.1, 0.15) is 17.7 Å². The zero-order chi connectivity index (χ0) is 17.9. The second-order valence-corrected chi connectivity index (χ2v) is 7.54. The quantitative estimate of drug-likeness (QED) is 0.788. The third-order valence-electron chi connectivity index (χ3n) is 5.02. The van der Waals surface area contributed by atoms with Crippen LogP contribution in [0.3, 0.4) is 0 Å². The Morgan fingerprint density at radius 1 is 1.31 bits per heavy atom. The van der Waals surface area contributed by atoms with Crippen molar-refractivity contribution in [2.24, 2.45) is 5.92 Å². The van der Waals surface area contributed by atoms with Gasteiger partial charge in [0.15, 0.2) is 0 Å². The predicted molar refractivity (Wildman–Crippen MR) is 95.7 cm³/mol. The first kappa shape index (κ1) is 17.1. The molecule has 2 aromatic heterocycles. The number of nitrogens with one attached hydrogen (secondary N) is 2. The molecule has 3 heterocycles. The van der Waals surface area contributed by atoms with E-state index in [1.54, 1.807) is 5.51 Å². The maximum Gasteiger partial charge on any atom is 0.240 e. The van der Waals surface area contributed by atoms with Gasteiger partial charge in [0.1, 0.15) is 5.51 Å². The van der Waals surface area contributed by atoms with Gasteiger partial charge in [0.25, 0.3) is 0 Å². The van der Waals surface area contributed by atoms with Gasteiger partial charge in [0, 0.05) is 37.8 Å². The minimum absolute atomic E-state index is 0.0485. The molecule has 2 amide bonds. The summed E-state index contributed by atoms with van der Waals surface area (Å²) in [7, 11) is 0. The van der Waals surface area contributed by atoms with E-state index in [2.05, 4.69) is 30.6 Å². The lowest BCUT2D eigenvalue weighted by Gasteiger charge is -2.36. The topological polar surface area (TPSA) is 107 Å². The number of piperazine rings is 1. The van der Waals surface area contributed by atoms with Gasteiger partial charge in [-0.25, -0.2) is 0 Å². The predicted octanol–water partition coefficient (Wildman–Crippen LogP) is 0.149. The van der Waals surface area contributed by atoms with Crippen LogP contribution in [-0.2, 0) is 22.4 Å². The molecule has 0 saturated carbocycles. The number of hydrogen-bond acceptors (Lipinski definition) is 7. The molecule has 1 aliphatic heterocycles. The number of amides is 2. The van der Waals surface area contributed by atoms with Crippen molar-refractivity contribution in [1.29, 1.82) is 0 Å². The average Bonchev–Trinajstić information content (AvgIpc) is 3.32. The lowest BCUT2D eigenvalue weighted by molar-refractivity contribution is -0.137. The number of rotatable bonds is 4. The summed E-state index contributed by atoms with van der Waals surface area (Å²) in [5, 5.41) is 17.8. The van der Waals surface area contributed by atoms with Gasteiger partial charge in [0.2, 0.25) is 16.9 Å². The summed E-state index contributed by atoms with van der Waals surface area (Å²) in [5.41, 5.74) is 3.92. The molecule has 2 aromatic rings. The summed E-state index contributed by atoms with van der Waals surface area (Å²) in [6.45, 7) is 3.06. The normalized spacial score (nSPS) is 20.6. The Balaban J connectivity index is 1.24. The van der Waals surface area contributed by atoms with Crippen molar-refractivity contribution in [2.45, 2.75) is 19.3 Å². The Hall–Kier alpha value is -2.33. The highest BCUT2D eigenvalue weighted by molar-refractivity contribution is 7.13. The minimum Gasteiger partial charge on any atom is -0.340 e. The summed E-state index contributed by atoms with van der Waals surface area (Å²) < 4.78 is 0. The molecule has 138 valence electrons. The van der Waals surface area contributed by atoms with Gasteiger partial charge in [0.05, 0.1) is 12.7 Å². The van der Waals surface area contributed by atoms with Crippen molar-refractivity contribution in [1.82, 2.24) is 30.2 Å². The van der Waals surface area contributed by atoms with Gasteiger partial charge in [-0.2, -0.15) is 5.10 Å². The molecule has 2 aliphatic rings. The molecule has 10 heteroatoms. The summed E-state index contributed by atoms with van der Waals surface area (Å²) in [4.78, 5) is 28.8. The third kappa shape index (κ3) is 3.75. The number of anilines is 1. The number of carbonyl (C=O) groups is 2. The molecule has 0 spiro atoms. The Kier molecular flexibility index (Phi) is 4.93. The van der Waals surface area contributed by atoms with Crippen LogP contribution in [0.2, 0.25) is 0 Å². The van der Waals surface area contributed by atoms with E-state index in [0.717, 1.165) is 19.3 Å². The average molecular weight is 375 g/mol. The van der Waals surface area contributed by atoms with E-state index in [1.807, 2.05) is 11.1 Å². The first-order chi connectivity index (χ1) is 12.7. The van der Waals surface area contributed by atoms with Crippen molar-refractivity contribution in [3.63, 3.8) is 0 Å². The summed E-state index contributed by atoms with van der Waals surface area (Å²) in [6.07, 6.45) is 4.37. The van der Waals surface area contributed by atoms with E-state index < -0.39 is 0 Å². The fourth-order valence-corrected chi connectivity index (χ4v) is 4.06. The maximum absolute atomic E-state index is 12.8. The van der Waals surface area contributed by atoms with Crippen LogP contribution in [0, 0.1) is 5.92 Å². The highest BCUT2D eigenvalue weighted by atomic mass is 32.1. The first-order valence-corrected chi connectivity index (χ1v) is 9.65. The molecule has 4 rings (SSSR count). The Labute approximate surface area is 154 Å². The molecular formula is C16H21N7O2S. The van der Waals surface area contributed by atoms with Crippen molar-refractivity contribution in [3.8, 4) is 0 Å².